The van der Waals surface area contributed by atoms with E-state index in [-0.39, 0.29) is 35.0 Å². The van der Waals surface area contributed by atoms with Crippen molar-refractivity contribution in [1.82, 2.24) is 15.3 Å². The van der Waals surface area contributed by atoms with Gasteiger partial charge in [0.2, 0.25) is 0 Å². The number of carboxylic acids is 1. The average Bonchev–Trinajstić information content (AvgIpc) is 2.74. The molecule has 0 bridgehead atoms. The van der Waals surface area contributed by atoms with Crippen molar-refractivity contribution < 1.29 is 19.4 Å². The minimum atomic E-state index is -1.11. The molecule has 32 heavy (non-hydrogen) atoms. The highest BCUT2D eigenvalue weighted by Crippen LogP contribution is 2.17. The van der Waals surface area contributed by atoms with E-state index < -0.39 is 17.9 Å². The molecule has 2 aromatic rings. The molecule has 0 saturated carbocycles. The van der Waals surface area contributed by atoms with Crippen molar-refractivity contribution in [3.63, 3.8) is 0 Å². The van der Waals surface area contributed by atoms with Crippen LogP contribution in [0.4, 0.5) is 11.6 Å². The number of nitrogens with two attached hydrogens (primary N) is 4. The highest BCUT2D eigenvalue weighted by atomic mass is 35.5. The van der Waals surface area contributed by atoms with Gasteiger partial charge in [-0.05, 0) is 37.0 Å². The summed E-state index contributed by atoms with van der Waals surface area (Å²) in [7, 11) is 0. The van der Waals surface area contributed by atoms with E-state index in [9.17, 15) is 9.59 Å². The number of nitrogen functional groups attached to an aromatic ring is 2. The van der Waals surface area contributed by atoms with E-state index in [1.807, 2.05) is 12.1 Å². The van der Waals surface area contributed by atoms with Gasteiger partial charge in [-0.25, -0.2) is 9.97 Å². The van der Waals surface area contributed by atoms with Gasteiger partial charge in [-0.2, -0.15) is 0 Å². The number of guanidine groups is 1. The molecule has 0 aliphatic carbocycles. The van der Waals surface area contributed by atoms with Gasteiger partial charge in [0, 0.05) is 6.54 Å². The van der Waals surface area contributed by atoms with Crippen LogP contribution in [0.1, 0.15) is 28.9 Å². The molecule has 13 heteroatoms. The number of nitrogens with one attached hydrogen (secondary N) is 1. The minimum Gasteiger partial charge on any atom is -0.491 e. The number of unbranched alkanes of at least 4 members (excludes halogenated alkanes) is 1. The Balaban J connectivity index is 1.73. The molecule has 10 N–H and O–H groups in total. The number of rotatable bonds is 10. The Morgan fingerprint density at radius 2 is 1.84 bits per heavy atom. The first-order valence-electron chi connectivity index (χ1n) is 9.57. The number of carbonyl (C=O) groups is 2. The first-order chi connectivity index (χ1) is 15.2. The number of hydrogen-bond acceptors (Lipinski definition) is 9. The SMILES string of the molecule is NC(=NCCCCc1ccc(OC[C@H](N)C(=O)O)cc1)NC(=O)c1nc(Cl)c(N)nc1N. The number of amides is 1. The van der Waals surface area contributed by atoms with Gasteiger partial charge in [0.1, 0.15) is 18.4 Å². The lowest BCUT2D eigenvalue weighted by atomic mass is 10.1. The summed E-state index contributed by atoms with van der Waals surface area (Å²) in [5.41, 5.74) is 23.1. The van der Waals surface area contributed by atoms with Crippen molar-refractivity contribution in [3.8, 4) is 5.75 Å². The second-order valence-corrected chi connectivity index (χ2v) is 7.07. The van der Waals surface area contributed by atoms with Crippen LogP contribution in [0.15, 0.2) is 29.3 Å². The molecule has 0 saturated heterocycles. The number of halogens is 1. The summed E-state index contributed by atoms with van der Waals surface area (Å²) < 4.78 is 5.34. The zero-order valence-electron chi connectivity index (χ0n) is 17.1. The highest BCUT2D eigenvalue weighted by molar-refractivity contribution is 6.31. The number of aliphatic imine (C=N–C) groups is 1. The maximum atomic E-state index is 12.2. The van der Waals surface area contributed by atoms with Crippen molar-refractivity contribution in [2.24, 2.45) is 16.5 Å². The first kappa shape index (κ1) is 24.6. The van der Waals surface area contributed by atoms with Crippen LogP contribution < -0.4 is 33.0 Å². The van der Waals surface area contributed by atoms with Crippen LogP contribution in [-0.2, 0) is 11.2 Å². The number of carboxylic acid groups (broad SMARTS) is 1. The standard InChI is InChI=1S/C19H25ClN8O4/c20-14-16(23)27-15(22)13(26-14)17(29)28-19(24)25-8-2-1-3-10-4-6-11(7-5-10)32-9-12(21)18(30)31/h4-7,12H,1-3,8-9,21H2,(H,30,31)(H4,22,23,27)(H3,24,25,28,29)/t12-/m0/s1. The molecule has 2 rings (SSSR count). The Hall–Kier alpha value is -3.64. The fourth-order valence-corrected chi connectivity index (χ4v) is 2.60. The van der Waals surface area contributed by atoms with E-state index in [4.69, 9.17) is 44.4 Å². The Bertz CT molecular complexity index is 984. The van der Waals surface area contributed by atoms with Crippen LogP contribution in [0, 0.1) is 0 Å². The van der Waals surface area contributed by atoms with Crippen molar-refractivity contribution in [3.05, 3.63) is 40.7 Å². The first-order valence-corrected chi connectivity index (χ1v) is 9.95. The topological polar surface area (TPSA) is 218 Å². The monoisotopic (exact) mass is 464 g/mol. The third-order valence-corrected chi connectivity index (χ3v) is 4.47. The van der Waals surface area contributed by atoms with Crippen LogP contribution in [0.3, 0.4) is 0 Å². The number of aryl methyl sites for hydroxylation is 1. The van der Waals surface area contributed by atoms with E-state index >= 15 is 0 Å². The second-order valence-electron chi connectivity index (χ2n) is 6.71. The maximum Gasteiger partial charge on any atom is 0.324 e. The molecular weight excluding hydrogens is 440 g/mol. The summed E-state index contributed by atoms with van der Waals surface area (Å²) in [6.07, 6.45) is 2.37. The Labute approximate surface area is 189 Å². The predicted molar refractivity (Wildman–Crippen MR) is 120 cm³/mol. The lowest BCUT2D eigenvalue weighted by Gasteiger charge is -2.10. The van der Waals surface area contributed by atoms with Crippen LogP contribution in [0.5, 0.6) is 5.75 Å². The summed E-state index contributed by atoms with van der Waals surface area (Å²) in [6, 6.07) is 6.23. The summed E-state index contributed by atoms with van der Waals surface area (Å²) >= 11 is 5.75. The van der Waals surface area contributed by atoms with E-state index in [1.165, 1.54) is 0 Å². The second kappa shape index (κ2) is 11.7. The van der Waals surface area contributed by atoms with E-state index in [1.54, 1.807) is 12.1 Å². The Morgan fingerprint density at radius 3 is 2.50 bits per heavy atom. The highest BCUT2D eigenvalue weighted by Gasteiger charge is 2.16. The van der Waals surface area contributed by atoms with Gasteiger partial charge in [0.25, 0.3) is 5.91 Å². The van der Waals surface area contributed by atoms with Crippen LogP contribution in [0.2, 0.25) is 5.15 Å². The normalized spacial score (nSPS) is 12.2. The average molecular weight is 465 g/mol. The number of nitrogens with zero attached hydrogens (tertiary/aromatic N) is 3. The number of aromatic nitrogens is 2. The van der Waals surface area contributed by atoms with Crippen molar-refractivity contribution in [2.75, 3.05) is 24.6 Å². The summed E-state index contributed by atoms with van der Waals surface area (Å²) in [4.78, 5) is 34.5. The summed E-state index contributed by atoms with van der Waals surface area (Å²) in [5, 5.41) is 11.0. The molecule has 0 aliphatic rings. The maximum absolute atomic E-state index is 12.2. The Morgan fingerprint density at radius 1 is 1.16 bits per heavy atom. The molecule has 0 fully saturated rings. The van der Waals surface area contributed by atoms with Gasteiger partial charge in [-0.3, -0.25) is 19.9 Å². The van der Waals surface area contributed by atoms with Crippen molar-refractivity contribution in [1.29, 1.82) is 0 Å². The molecule has 0 spiro atoms. The molecular formula is C19H25ClN8O4. The smallest absolute Gasteiger partial charge is 0.324 e. The molecule has 1 amide bonds. The zero-order valence-corrected chi connectivity index (χ0v) is 17.9. The van der Waals surface area contributed by atoms with Gasteiger partial charge in [0.15, 0.2) is 28.4 Å². The lowest BCUT2D eigenvalue weighted by Crippen LogP contribution is -2.38. The zero-order chi connectivity index (χ0) is 23.7. The lowest BCUT2D eigenvalue weighted by molar-refractivity contribution is -0.139. The van der Waals surface area contributed by atoms with Gasteiger partial charge >= 0.3 is 5.97 Å². The number of benzene rings is 1. The Kier molecular flexibility index (Phi) is 8.98. The van der Waals surface area contributed by atoms with Gasteiger partial charge in [-0.15, -0.1) is 0 Å². The van der Waals surface area contributed by atoms with Crippen LogP contribution in [-0.4, -0.2) is 52.1 Å². The number of carbonyl (C=O) groups excluding carboxylic acids is 1. The summed E-state index contributed by atoms with van der Waals surface area (Å²) in [5.74, 6) is -1.58. The van der Waals surface area contributed by atoms with Gasteiger partial charge in [-0.1, -0.05) is 23.7 Å². The number of ether oxygens (including phenoxy) is 1. The van der Waals surface area contributed by atoms with E-state index in [0.717, 1.165) is 24.8 Å². The minimum absolute atomic E-state index is 0.0769. The molecule has 1 heterocycles. The van der Waals surface area contributed by atoms with E-state index in [2.05, 4.69) is 20.3 Å². The predicted octanol–water partition coefficient (Wildman–Crippen LogP) is 0.153. The van der Waals surface area contributed by atoms with Gasteiger partial charge < -0.3 is 32.8 Å². The number of hydrogen-bond donors (Lipinski definition) is 6. The fraction of sp³-hybridized carbons (Fsp3) is 0.316. The van der Waals surface area contributed by atoms with Crippen molar-refractivity contribution >= 4 is 41.1 Å². The molecule has 1 atom stereocenters. The number of aliphatic carboxylic acids is 1. The van der Waals surface area contributed by atoms with Crippen LogP contribution in [0.25, 0.3) is 0 Å². The molecule has 0 unspecified atom stereocenters. The quantitative estimate of drug-likeness (QED) is 0.159. The van der Waals surface area contributed by atoms with E-state index in [0.29, 0.717) is 12.3 Å². The van der Waals surface area contributed by atoms with Crippen molar-refractivity contribution in [2.45, 2.75) is 25.3 Å². The van der Waals surface area contributed by atoms with Crippen LogP contribution >= 0.6 is 11.6 Å². The largest absolute Gasteiger partial charge is 0.491 e. The third kappa shape index (κ3) is 7.56. The summed E-state index contributed by atoms with van der Waals surface area (Å²) in [6.45, 7) is 0.305. The third-order valence-electron chi connectivity index (χ3n) is 4.19. The molecule has 12 nitrogen and oxygen atoms in total. The fourth-order valence-electron chi connectivity index (χ4n) is 2.47. The molecule has 172 valence electrons. The number of anilines is 2. The molecule has 0 radical (unpaired) electrons. The molecule has 1 aromatic carbocycles. The molecule has 0 aliphatic heterocycles. The van der Waals surface area contributed by atoms with Gasteiger partial charge in [0.05, 0.1) is 0 Å². The molecule has 1 aromatic heterocycles.